The molecule has 1 heterocycles. The summed E-state index contributed by atoms with van der Waals surface area (Å²) < 4.78 is 50.7. The molecule has 15 heteroatoms. The SMILES string of the molecule is CC(C)CN(C(CCCCNC(=O)C(Cc1cccc2ccccc12)NC(=O)N1CCOCC1)CO[P+](=O)O)S(=O)(=O)c1ccc(N)cc1. The van der Waals surface area contributed by atoms with E-state index in [0.717, 1.165) is 16.3 Å². The Balaban J connectivity index is 1.43. The zero-order chi connectivity index (χ0) is 35.4. The second-order valence-corrected chi connectivity index (χ2v) is 15.1. The van der Waals surface area contributed by atoms with Gasteiger partial charge in [0.25, 0.3) is 0 Å². The number of hydrogen-bond acceptors (Lipinski definition) is 8. The van der Waals surface area contributed by atoms with Gasteiger partial charge in [0.15, 0.2) is 0 Å². The maximum atomic E-state index is 13.7. The Kier molecular flexibility index (Phi) is 14.3. The molecule has 0 radical (unpaired) electrons. The van der Waals surface area contributed by atoms with Gasteiger partial charge < -0.3 is 26.0 Å². The first-order valence-corrected chi connectivity index (χ1v) is 19.1. The van der Waals surface area contributed by atoms with E-state index in [9.17, 15) is 27.5 Å². The van der Waals surface area contributed by atoms with Crippen LogP contribution in [0.5, 0.6) is 0 Å². The molecule has 0 saturated carbocycles. The van der Waals surface area contributed by atoms with E-state index in [1.165, 1.54) is 28.6 Å². The number of sulfonamides is 1. The molecule has 266 valence electrons. The third kappa shape index (κ3) is 11.2. The van der Waals surface area contributed by atoms with Gasteiger partial charge in [-0.1, -0.05) is 62.7 Å². The molecule has 0 spiro atoms. The van der Waals surface area contributed by atoms with Crippen molar-refractivity contribution in [2.24, 2.45) is 5.92 Å². The van der Waals surface area contributed by atoms with Crippen molar-refractivity contribution in [2.45, 2.75) is 56.5 Å². The monoisotopic (exact) mass is 716 g/mol. The van der Waals surface area contributed by atoms with E-state index in [-0.39, 0.29) is 48.9 Å². The molecule has 49 heavy (non-hydrogen) atoms. The highest BCUT2D eigenvalue weighted by Crippen LogP contribution is 2.26. The molecule has 1 saturated heterocycles. The average molecular weight is 717 g/mol. The molecule has 0 bridgehead atoms. The van der Waals surface area contributed by atoms with Crippen molar-refractivity contribution in [1.29, 1.82) is 0 Å². The first-order chi connectivity index (χ1) is 23.5. The molecule has 3 aromatic rings. The summed E-state index contributed by atoms with van der Waals surface area (Å²) in [6, 6.07) is 17.7. The zero-order valence-electron chi connectivity index (χ0n) is 28.0. The van der Waals surface area contributed by atoms with E-state index >= 15 is 0 Å². The maximum Gasteiger partial charge on any atom is 0.694 e. The minimum Gasteiger partial charge on any atom is -0.399 e. The number of ether oxygens (including phenoxy) is 1. The number of unbranched alkanes of at least 4 members (excludes halogenated alkanes) is 1. The highest BCUT2D eigenvalue weighted by atomic mass is 32.2. The van der Waals surface area contributed by atoms with Gasteiger partial charge in [-0.2, -0.15) is 4.31 Å². The molecule has 5 N–H and O–H groups in total. The van der Waals surface area contributed by atoms with E-state index in [2.05, 4.69) is 10.6 Å². The van der Waals surface area contributed by atoms with Gasteiger partial charge in [-0.05, 0) is 59.4 Å². The van der Waals surface area contributed by atoms with Crippen LogP contribution >= 0.6 is 8.25 Å². The second kappa shape index (κ2) is 18.4. The molecule has 4 rings (SSSR count). The van der Waals surface area contributed by atoms with Crippen LogP contribution in [-0.2, 0) is 35.1 Å². The van der Waals surface area contributed by atoms with E-state index in [4.69, 9.17) is 15.0 Å². The predicted octanol–water partition coefficient (Wildman–Crippen LogP) is 4.04. The molecule has 0 aliphatic carbocycles. The van der Waals surface area contributed by atoms with Gasteiger partial charge >= 0.3 is 14.3 Å². The Hall–Kier alpha value is -3.65. The first kappa shape index (κ1) is 38.2. The van der Waals surface area contributed by atoms with Crippen molar-refractivity contribution in [3.63, 3.8) is 0 Å². The molecule has 3 amide bonds. The minimum atomic E-state index is -3.99. The fourth-order valence-electron chi connectivity index (χ4n) is 5.78. The second-order valence-electron chi connectivity index (χ2n) is 12.5. The molecular weight excluding hydrogens is 669 g/mol. The Bertz CT molecular complexity index is 1660. The minimum absolute atomic E-state index is 0.0421. The number of amides is 3. The lowest BCUT2D eigenvalue weighted by atomic mass is 9.98. The van der Waals surface area contributed by atoms with Crippen molar-refractivity contribution in [3.8, 4) is 0 Å². The lowest BCUT2D eigenvalue weighted by Gasteiger charge is -2.31. The van der Waals surface area contributed by atoms with Crippen LogP contribution in [0.25, 0.3) is 10.8 Å². The smallest absolute Gasteiger partial charge is 0.399 e. The molecule has 1 aliphatic rings. The highest BCUT2D eigenvalue weighted by Gasteiger charge is 2.34. The number of nitrogens with zero attached hydrogens (tertiary/aromatic N) is 2. The van der Waals surface area contributed by atoms with Gasteiger partial charge in [-0.15, -0.1) is 9.42 Å². The fourth-order valence-corrected chi connectivity index (χ4v) is 7.89. The predicted molar refractivity (Wildman–Crippen MR) is 188 cm³/mol. The summed E-state index contributed by atoms with van der Waals surface area (Å²) in [4.78, 5) is 37.8. The Morgan fingerprint density at radius 2 is 1.73 bits per heavy atom. The molecule has 3 aromatic carbocycles. The average Bonchev–Trinajstić information content (AvgIpc) is 3.08. The van der Waals surface area contributed by atoms with Crippen LogP contribution in [0.1, 0.15) is 38.7 Å². The number of carbonyl (C=O) groups excluding carboxylic acids is 2. The van der Waals surface area contributed by atoms with E-state index in [1.54, 1.807) is 4.90 Å². The summed E-state index contributed by atoms with van der Waals surface area (Å²) in [6.45, 7) is 5.68. The van der Waals surface area contributed by atoms with E-state index in [0.29, 0.717) is 51.3 Å². The number of nitrogens with one attached hydrogen (secondary N) is 2. The highest BCUT2D eigenvalue weighted by molar-refractivity contribution is 7.89. The number of rotatable bonds is 17. The third-order valence-corrected chi connectivity index (χ3v) is 10.6. The molecule has 1 fully saturated rings. The number of anilines is 1. The lowest BCUT2D eigenvalue weighted by Crippen LogP contribution is -2.54. The van der Waals surface area contributed by atoms with Gasteiger partial charge in [-0.3, -0.25) is 4.79 Å². The fraction of sp³-hybridized carbons (Fsp3) is 0.471. The maximum absolute atomic E-state index is 13.7. The van der Waals surface area contributed by atoms with Crippen LogP contribution in [0, 0.1) is 5.92 Å². The van der Waals surface area contributed by atoms with Crippen molar-refractivity contribution >= 4 is 46.7 Å². The van der Waals surface area contributed by atoms with Crippen LogP contribution in [0.2, 0.25) is 0 Å². The topological polar surface area (TPSA) is 181 Å². The molecule has 3 unspecified atom stereocenters. The molecular formula is C34H47N5O8PS+. The Labute approximate surface area is 289 Å². The molecule has 1 aliphatic heterocycles. The number of urea groups is 1. The zero-order valence-corrected chi connectivity index (χ0v) is 29.7. The molecule has 3 atom stereocenters. The number of carbonyl (C=O) groups is 2. The molecule has 0 aromatic heterocycles. The summed E-state index contributed by atoms with van der Waals surface area (Å²) in [6.07, 6.45) is 1.57. The summed E-state index contributed by atoms with van der Waals surface area (Å²) in [5.41, 5.74) is 7.13. The Morgan fingerprint density at radius 1 is 1.04 bits per heavy atom. The third-order valence-electron chi connectivity index (χ3n) is 8.30. The molecule has 13 nitrogen and oxygen atoms in total. The largest absolute Gasteiger partial charge is 0.694 e. The lowest BCUT2D eigenvalue weighted by molar-refractivity contribution is -0.123. The number of hydrogen-bond donors (Lipinski definition) is 4. The summed E-state index contributed by atoms with van der Waals surface area (Å²) in [5.74, 6) is -0.376. The van der Waals surface area contributed by atoms with E-state index < -0.39 is 30.4 Å². The van der Waals surface area contributed by atoms with Gasteiger partial charge in [0, 0.05) is 42.9 Å². The number of morpholine rings is 1. The van der Waals surface area contributed by atoms with Crippen molar-refractivity contribution < 1.29 is 36.7 Å². The van der Waals surface area contributed by atoms with Gasteiger partial charge in [0.1, 0.15) is 12.6 Å². The summed E-state index contributed by atoms with van der Waals surface area (Å²) in [7, 11) is -6.94. The number of benzene rings is 3. The van der Waals surface area contributed by atoms with Crippen molar-refractivity contribution in [3.05, 3.63) is 72.3 Å². The quantitative estimate of drug-likeness (QED) is 0.0911. The number of fused-ring (bicyclic) bond motifs is 1. The van der Waals surface area contributed by atoms with Crippen LogP contribution in [-0.4, -0.2) is 92.5 Å². The normalized spacial score (nSPS) is 15.3. The van der Waals surface area contributed by atoms with Crippen LogP contribution in [0.3, 0.4) is 0 Å². The van der Waals surface area contributed by atoms with Crippen molar-refractivity contribution in [2.75, 3.05) is 51.7 Å². The van der Waals surface area contributed by atoms with Gasteiger partial charge in [0.05, 0.1) is 24.2 Å². The number of nitrogen functional groups attached to an aromatic ring is 1. The van der Waals surface area contributed by atoms with Crippen molar-refractivity contribution in [1.82, 2.24) is 19.8 Å². The van der Waals surface area contributed by atoms with Gasteiger partial charge in [0.2, 0.25) is 15.9 Å². The number of nitrogens with two attached hydrogens (primary N) is 1. The standard InChI is InChI=1S/C34H46N5O8PS/c1-25(2)23-39(49(44,45)30-15-13-28(35)14-16-30)29(24-47-48(42)43)11-5-6-17-36-33(40)32(37-34(41)38-18-20-46-21-19-38)22-27-10-7-9-26-8-3-4-12-31(26)27/h3-4,7-10,12-16,25,29,32H,5-6,11,17-24,35H2,1-2H3,(H2-,36,37,40,41,42,43)/p+1. The van der Waals surface area contributed by atoms with Gasteiger partial charge in [-0.25, -0.2) is 13.2 Å². The first-order valence-electron chi connectivity index (χ1n) is 16.5. The van der Waals surface area contributed by atoms with E-state index in [1.807, 2.05) is 56.3 Å². The van der Waals surface area contributed by atoms with Crippen LogP contribution in [0.15, 0.2) is 71.6 Å². The summed E-state index contributed by atoms with van der Waals surface area (Å²) in [5, 5.41) is 7.91. The Morgan fingerprint density at radius 3 is 2.43 bits per heavy atom. The van der Waals surface area contributed by atoms with Crippen LogP contribution < -0.4 is 16.4 Å². The summed E-state index contributed by atoms with van der Waals surface area (Å²) >= 11 is 0. The van der Waals surface area contributed by atoms with Crippen LogP contribution in [0.4, 0.5) is 10.5 Å².